The third-order valence-corrected chi connectivity index (χ3v) is 4.45. The molecule has 0 aliphatic heterocycles. The summed E-state index contributed by atoms with van der Waals surface area (Å²) in [6.45, 7) is 5.66. The molecule has 0 unspecified atom stereocenters. The first-order valence-electron chi connectivity index (χ1n) is 7.49. The van der Waals surface area contributed by atoms with Gasteiger partial charge >= 0.3 is 5.97 Å². The first-order chi connectivity index (χ1) is 9.83. The molecule has 4 nitrogen and oxygen atoms in total. The summed E-state index contributed by atoms with van der Waals surface area (Å²) in [6, 6.07) is 3.50. The van der Waals surface area contributed by atoms with Gasteiger partial charge in [-0.2, -0.15) is 0 Å². The summed E-state index contributed by atoms with van der Waals surface area (Å²) in [5, 5.41) is 12.2. The maximum Gasteiger partial charge on any atom is 0.337 e. The molecule has 1 amide bonds. The number of carboxylic acids is 1. The molecule has 1 aromatic carbocycles. The minimum absolute atomic E-state index is 0.0587. The minimum atomic E-state index is -1.01. The summed E-state index contributed by atoms with van der Waals surface area (Å²) in [5.41, 5.74) is 1.89. The van der Waals surface area contributed by atoms with Crippen molar-refractivity contribution in [1.82, 2.24) is 0 Å². The summed E-state index contributed by atoms with van der Waals surface area (Å²) in [4.78, 5) is 24.0. The predicted octanol–water partition coefficient (Wildman–Crippen LogP) is 3.91. The fourth-order valence-electron chi connectivity index (χ4n) is 3.13. The van der Waals surface area contributed by atoms with Gasteiger partial charge in [0.2, 0.25) is 5.91 Å². The summed E-state index contributed by atoms with van der Waals surface area (Å²) in [6.07, 6.45) is 5.02. The number of aryl methyl sites for hydroxylation is 2. The monoisotopic (exact) mass is 289 g/mol. The highest BCUT2D eigenvalue weighted by molar-refractivity contribution is 6.03. The SMILES string of the molecule is Cc1cc(C)c(NC(=O)C2(C)CCCCC2)c(C(=O)O)c1. The molecule has 114 valence electrons. The van der Waals surface area contributed by atoms with Gasteiger partial charge in [0, 0.05) is 5.41 Å². The molecule has 1 fully saturated rings. The van der Waals surface area contributed by atoms with E-state index in [1.807, 2.05) is 26.8 Å². The average Bonchev–Trinajstić information content (AvgIpc) is 2.41. The lowest BCUT2D eigenvalue weighted by molar-refractivity contribution is -0.126. The van der Waals surface area contributed by atoms with Crippen molar-refractivity contribution >= 4 is 17.6 Å². The van der Waals surface area contributed by atoms with E-state index >= 15 is 0 Å². The molecule has 0 heterocycles. The molecule has 0 spiro atoms. The van der Waals surface area contributed by atoms with Crippen LogP contribution >= 0.6 is 0 Å². The van der Waals surface area contributed by atoms with Gasteiger partial charge in [0.05, 0.1) is 11.3 Å². The molecule has 0 saturated heterocycles. The number of aromatic carboxylic acids is 1. The number of carboxylic acid groups (broad SMARTS) is 1. The minimum Gasteiger partial charge on any atom is -0.478 e. The zero-order valence-electron chi connectivity index (χ0n) is 13.0. The molecule has 21 heavy (non-hydrogen) atoms. The molecular weight excluding hydrogens is 266 g/mol. The number of hydrogen-bond donors (Lipinski definition) is 2. The number of nitrogens with one attached hydrogen (secondary N) is 1. The fraction of sp³-hybridized carbons (Fsp3) is 0.529. The molecule has 1 aliphatic rings. The van der Waals surface area contributed by atoms with Crippen LogP contribution in [-0.4, -0.2) is 17.0 Å². The Balaban J connectivity index is 2.30. The number of benzene rings is 1. The number of amides is 1. The van der Waals surface area contributed by atoms with Gasteiger partial charge in [-0.15, -0.1) is 0 Å². The van der Waals surface area contributed by atoms with Crippen molar-refractivity contribution in [3.63, 3.8) is 0 Å². The maximum atomic E-state index is 12.6. The van der Waals surface area contributed by atoms with Crippen LogP contribution in [0.3, 0.4) is 0 Å². The van der Waals surface area contributed by atoms with Gasteiger partial charge in [-0.05, 0) is 43.9 Å². The quantitative estimate of drug-likeness (QED) is 0.886. The molecular formula is C17H23NO3. The van der Waals surface area contributed by atoms with Gasteiger partial charge < -0.3 is 10.4 Å². The van der Waals surface area contributed by atoms with Gasteiger partial charge in [0.1, 0.15) is 0 Å². The normalized spacial score (nSPS) is 17.3. The van der Waals surface area contributed by atoms with E-state index in [2.05, 4.69) is 5.32 Å². The Hall–Kier alpha value is -1.84. The van der Waals surface area contributed by atoms with Gasteiger partial charge in [0.15, 0.2) is 0 Å². The highest BCUT2D eigenvalue weighted by Gasteiger charge is 2.35. The van der Waals surface area contributed by atoms with E-state index in [4.69, 9.17) is 0 Å². The van der Waals surface area contributed by atoms with Crippen molar-refractivity contribution < 1.29 is 14.7 Å². The zero-order chi connectivity index (χ0) is 15.6. The number of anilines is 1. The largest absolute Gasteiger partial charge is 0.478 e. The molecule has 0 radical (unpaired) electrons. The average molecular weight is 289 g/mol. The summed E-state index contributed by atoms with van der Waals surface area (Å²) < 4.78 is 0. The molecule has 0 atom stereocenters. The number of carbonyl (C=O) groups is 2. The molecule has 4 heteroatoms. The van der Waals surface area contributed by atoms with Crippen LogP contribution in [0, 0.1) is 19.3 Å². The summed E-state index contributed by atoms with van der Waals surface area (Å²) in [7, 11) is 0. The van der Waals surface area contributed by atoms with Gasteiger partial charge in [0.25, 0.3) is 0 Å². The molecule has 2 rings (SSSR count). The lowest BCUT2D eigenvalue weighted by Crippen LogP contribution is -2.35. The van der Waals surface area contributed by atoms with E-state index in [0.717, 1.165) is 36.8 Å². The van der Waals surface area contributed by atoms with Crippen LogP contribution < -0.4 is 5.32 Å². The Morgan fingerprint density at radius 3 is 2.33 bits per heavy atom. The number of rotatable bonds is 3. The maximum absolute atomic E-state index is 12.6. The van der Waals surface area contributed by atoms with Crippen molar-refractivity contribution in [2.45, 2.75) is 52.9 Å². The highest BCUT2D eigenvalue weighted by Crippen LogP contribution is 2.37. The summed E-state index contributed by atoms with van der Waals surface area (Å²) >= 11 is 0. The van der Waals surface area contributed by atoms with Crippen molar-refractivity contribution in [2.24, 2.45) is 5.41 Å². The van der Waals surface area contributed by atoms with Crippen molar-refractivity contribution in [3.8, 4) is 0 Å². The third kappa shape index (κ3) is 3.26. The first kappa shape index (κ1) is 15.5. The van der Waals surface area contributed by atoms with Gasteiger partial charge in [-0.3, -0.25) is 4.79 Å². The first-order valence-corrected chi connectivity index (χ1v) is 7.49. The van der Waals surface area contributed by atoms with Crippen molar-refractivity contribution in [1.29, 1.82) is 0 Å². The third-order valence-electron chi connectivity index (χ3n) is 4.45. The topological polar surface area (TPSA) is 66.4 Å². The fourth-order valence-corrected chi connectivity index (χ4v) is 3.13. The van der Waals surface area contributed by atoms with Crippen LogP contribution in [-0.2, 0) is 4.79 Å². The molecule has 2 N–H and O–H groups in total. The van der Waals surface area contributed by atoms with E-state index in [1.54, 1.807) is 6.07 Å². The Labute approximate surface area is 125 Å². The van der Waals surface area contributed by atoms with Crippen molar-refractivity contribution in [2.75, 3.05) is 5.32 Å². The van der Waals surface area contributed by atoms with Crippen LogP contribution in [0.5, 0.6) is 0 Å². The number of carbonyl (C=O) groups excluding carboxylic acids is 1. The van der Waals surface area contributed by atoms with Crippen molar-refractivity contribution in [3.05, 3.63) is 28.8 Å². The van der Waals surface area contributed by atoms with Crippen LogP contribution in [0.2, 0.25) is 0 Å². The molecule has 0 bridgehead atoms. The lowest BCUT2D eigenvalue weighted by atomic mass is 9.75. The Kier molecular flexibility index (Phi) is 4.35. The second-order valence-electron chi connectivity index (χ2n) is 6.38. The van der Waals surface area contributed by atoms with E-state index in [0.29, 0.717) is 5.69 Å². The Morgan fingerprint density at radius 2 is 1.76 bits per heavy atom. The lowest BCUT2D eigenvalue weighted by Gasteiger charge is -2.32. The Morgan fingerprint density at radius 1 is 1.14 bits per heavy atom. The zero-order valence-corrected chi connectivity index (χ0v) is 13.0. The van der Waals surface area contributed by atoms with E-state index in [9.17, 15) is 14.7 Å². The molecule has 1 aliphatic carbocycles. The van der Waals surface area contributed by atoms with E-state index < -0.39 is 5.97 Å². The summed E-state index contributed by atoms with van der Waals surface area (Å²) in [5.74, 6) is -1.07. The highest BCUT2D eigenvalue weighted by atomic mass is 16.4. The Bertz CT molecular complexity index is 572. The predicted molar refractivity (Wildman–Crippen MR) is 82.7 cm³/mol. The molecule has 1 saturated carbocycles. The standard InChI is InChI=1S/C17H23NO3/c1-11-9-12(2)14(13(10-11)15(19)20)18-16(21)17(3)7-5-4-6-8-17/h9-10H,4-8H2,1-3H3,(H,18,21)(H,19,20). The smallest absolute Gasteiger partial charge is 0.337 e. The van der Waals surface area contributed by atoms with Crippen LogP contribution in [0.15, 0.2) is 12.1 Å². The second kappa shape index (κ2) is 5.88. The van der Waals surface area contributed by atoms with Crippen LogP contribution in [0.25, 0.3) is 0 Å². The van der Waals surface area contributed by atoms with Crippen LogP contribution in [0.4, 0.5) is 5.69 Å². The van der Waals surface area contributed by atoms with Gasteiger partial charge in [-0.25, -0.2) is 4.79 Å². The molecule has 1 aromatic rings. The second-order valence-corrected chi connectivity index (χ2v) is 6.38. The van der Waals surface area contributed by atoms with Gasteiger partial charge in [-0.1, -0.05) is 32.3 Å². The number of hydrogen-bond acceptors (Lipinski definition) is 2. The van der Waals surface area contributed by atoms with E-state index in [-0.39, 0.29) is 16.9 Å². The van der Waals surface area contributed by atoms with E-state index in [1.165, 1.54) is 6.42 Å². The molecule has 0 aromatic heterocycles. The van der Waals surface area contributed by atoms with Crippen LogP contribution in [0.1, 0.15) is 60.5 Å².